The molecule has 0 saturated carbocycles. The van der Waals surface area contributed by atoms with Crippen molar-refractivity contribution in [1.29, 1.82) is 0 Å². The van der Waals surface area contributed by atoms with E-state index < -0.39 is 0 Å². The highest BCUT2D eigenvalue weighted by Gasteiger charge is 2.29. The molecule has 2 heterocycles. The van der Waals surface area contributed by atoms with Crippen molar-refractivity contribution < 1.29 is 14.2 Å². The summed E-state index contributed by atoms with van der Waals surface area (Å²) in [6.45, 7) is 5.85. The number of nitrogens with one attached hydrogen (secondary N) is 1. The van der Waals surface area contributed by atoms with Crippen LogP contribution in [0.5, 0.6) is 17.2 Å². The number of nitrogens with zero attached hydrogens (tertiary/aromatic N) is 1. The Labute approximate surface area is 147 Å². The molecule has 0 spiro atoms. The first-order valence-electron chi connectivity index (χ1n) is 8.76. The Balaban J connectivity index is 1.83. The summed E-state index contributed by atoms with van der Waals surface area (Å²) >= 11 is 0. The van der Waals surface area contributed by atoms with Crippen molar-refractivity contribution >= 4 is 11.5 Å². The summed E-state index contributed by atoms with van der Waals surface area (Å²) in [5, 5.41) is 3.38. The van der Waals surface area contributed by atoms with Crippen LogP contribution in [-0.2, 0) is 0 Å². The van der Waals surface area contributed by atoms with Crippen LogP contribution in [0, 0.1) is 0 Å². The quantitative estimate of drug-likeness (QED) is 0.916. The van der Waals surface area contributed by atoms with Gasteiger partial charge in [0.25, 0.3) is 0 Å². The highest BCUT2D eigenvalue weighted by Crippen LogP contribution is 2.47. The third-order valence-corrected chi connectivity index (χ3v) is 4.53. The van der Waals surface area contributed by atoms with E-state index in [1.54, 1.807) is 0 Å². The molecule has 4 rings (SSSR count). The van der Waals surface area contributed by atoms with Gasteiger partial charge in [0.2, 0.25) is 6.79 Å². The molecular weight excluding hydrogens is 316 g/mol. The number of para-hydroxylation sites is 1. The van der Waals surface area contributed by atoms with Crippen LogP contribution in [-0.4, -0.2) is 25.8 Å². The van der Waals surface area contributed by atoms with Gasteiger partial charge in [0.15, 0.2) is 11.5 Å². The fraction of sp³-hybridized carbons (Fsp3) is 0.350. The lowest BCUT2D eigenvalue weighted by molar-refractivity contribution is 0.174. The Morgan fingerprint density at radius 1 is 1.12 bits per heavy atom. The largest absolute Gasteiger partial charge is 0.494 e. The molecule has 0 fully saturated rings. The Morgan fingerprint density at radius 2 is 1.92 bits per heavy atom. The van der Waals surface area contributed by atoms with E-state index in [1.165, 1.54) is 5.56 Å². The molecule has 0 amide bonds. The zero-order chi connectivity index (χ0) is 17.2. The molecule has 0 aliphatic carbocycles. The molecule has 0 saturated heterocycles. The highest BCUT2D eigenvalue weighted by atomic mass is 16.7. The SMILES string of the molecule is CCNC1=Nc2cc3c(cc2C(c2ccccc2OCC)C1)OCO3. The van der Waals surface area contributed by atoms with Crippen molar-refractivity contribution in [3.63, 3.8) is 0 Å². The zero-order valence-electron chi connectivity index (χ0n) is 14.5. The third kappa shape index (κ3) is 2.90. The zero-order valence-corrected chi connectivity index (χ0v) is 14.5. The lowest BCUT2D eigenvalue weighted by Gasteiger charge is -2.27. The normalized spacial score (nSPS) is 17.7. The van der Waals surface area contributed by atoms with E-state index in [4.69, 9.17) is 19.2 Å². The number of fused-ring (bicyclic) bond motifs is 2. The van der Waals surface area contributed by atoms with Gasteiger partial charge in [0, 0.05) is 30.5 Å². The maximum atomic E-state index is 5.88. The first-order valence-corrected chi connectivity index (χ1v) is 8.76. The molecule has 0 aromatic heterocycles. The van der Waals surface area contributed by atoms with Crippen LogP contribution in [0.1, 0.15) is 37.3 Å². The standard InChI is InChI=1S/C20H22N2O3/c1-3-21-20-10-14(13-7-5-6-8-17(13)23-4-2)15-9-18-19(25-12-24-18)11-16(15)22-20/h5-9,11,14H,3-4,10,12H2,1-2H3,(H,21,22). The van der Waals surface area contributed by atoms with Crippen LogP contribution in [0.3, 0.4) is 0 Å². The highest BCUT2D eigenvalue weighted by molar-refractivity contribution is 5.89. The topological polar surface area (TPSA) is 52.1 Å². The molecule has 5 heteroatoms. The van der Waals surface area contributed by atoms with Crippen LogP contribution in [0.25, 0.3) is 0 Å². The molecular formula is C20H22N2O3. The van der Waals surface area contributed by atoms with E-state index in [0.29, 0.717) is 6.61 Å². The molecule has 2 aromatic carbocycles. The second-order valence-corrected chi connectivity index (χ2v) is 6.08. The second-order valence-electron chi connectivity index (χ2n) is 6.08. The van der Waals surface area contributed by atoms with E-state index in [1.807, 2.05) is 25.1 Å². The van der Waals surface area contributed by atoms with Crippen molar-refractivity contribution in [2.75, 3.05) is 19.9 Å². The van der Waals surface area contributed by atoms with Crippen LogP contribution >= 0.6 is 0 Å². The number of rotatable bonds is 4. The summed E-state index contributed by atoms with van der Waals surface area (Å²) in [5.74, 6) is 3.64. The van der Waals surface area contributed by atoms with Crippen molar-refractivity contribution in [2.45, 2.75) is 26.2 Å². The lowest BCUT2D eigenvalue weighted by Crippen LogP contribution is -2.27. The van der Waals surface area contributed by atoms with Crippen LogP contribution in [0.15, 0.2) is 41.4 Å². The monoisotopic (exact) mass is 338 g/mol. The van der Waals surface area contributed by atoms with Crippen LogP contribution < -0.4 is 19.5 Å². The number of amidine groups is 1. The van der Waals surface area contributed by atoms with E-state index in [9.17, 15) is 0 Å². The Kier molecular flexibility index (Phi) is 4.22. The molecule has 1 N–H and O–H groups in total. The van der Waals surface area contributed by atoms with E-state index in [2.05, 4.69) is 30.4 Å². The minimum absolute atomic E-state index is 0.166. The average Bonchev–Trinajstić information content (AvgIpc) is 3.08. The van der Waals surface area contributed by atoms with Crippen molar-refractivity contribution in [3.8, 4) is 17.2 Å². The fourth-order valence-corrected chi connectivity index (χ4v) is 3.47. The molecule has 0 radical (unpaired) electrons. The first kappa shape index (κ1) is 15.8. The van der Waals surface area contributed by atoms with Gasteiger partial charge in [-0.1, -0.05) is 18.2 Å². The van der Waals surface area contributed by atoms with Gasteiger partial charge in [-0.25, -0.2) is 4.99 Å². The van der Waals surface area contributed by atoms with E-state index in [0.717, 1.165) is 47.3 Å². The minimum Gasteiger partial charge on any atom is -0.494 e. The van der Waals surface area contributed by atoms with Gasteiger partial charge in [-0.15, -0.1) is 0 Å². The predicted octanol–water partition coefficient (Wildman–Crippen LogP) is 3.99. The summed E-state index contributed by atoms with van der Waals surface area (Å²) in [5.41, 5.74) is 3.26. The lowest BCUT2D eigenvalue weighted by atomic mass is 9.84. The molecule has 130 valence electrons. The molecule has 0 bridgehead atoms. The van der Waals surface area contributed by atoms with Crippen LogP contribution in [0.2, 0.25) is 0 Å². The fourth-order valence-electron chi connectivity index (χ4n) is 3.47. The van der Waals surface area contributed by atoms with Crippen molar-refractivity contribution in [2.24, 2.45) is 4.99 Å². The number of ether oxygens (including phenoxy) is 3. The van der Waals surface area contributed by atoms with Gasteiger partial charge in [-0.2, -0.15) is 0 Å². The van der Waals surface area contributed by atoms with Gasteiger partial charge in [0.1, 0.15) is 11.6 Å². The maximum Gasteiger partial charge on any atom is 0.231 e. The van der Waals surface area contributed by atoms with E-state index >= 15 is 0 Å². The molecule has 2 aromatic rings. The predicted molar refractivity (Wildman–Crippen MR) is 97.4 cm³/mol. The number of aliphatic imine (C=N–C) groups is 1. The van der Waals surface area contributed by atoms with Gasteiger partial charge < -0.3 is 19.5 Å². The smallest absolute Gasteiger partial charge is 0.231 e. The van der Waals surface area contributed by atoms with Crippen molar-refractivity contribution in [1.82, 2.24) is 5.32 Å². The van der Waals surface area contributed by atoms with Gasteiger partial charge >= 0.3 is 0 Å². The number of hydrogen-bond acceptors (Lipinski definition) is 5. The molecule has 1 unspecified atom stereocenters. The minimum atomic E-state index is 0.166. The maximum absolute atomic E-state index is 5.88. The Hall–Kier alpha value is -2.69. The molecule has 1 atom stereocenters. The summed E-state index contributed by atoms with van der Waals surface area (Å²) in [6, 6.07) is 12.3. The summed E-state index contributed by atoms with van der Waals surface area (Å²) in [4.78, 5) is 4.79. The summed E-state index contributed by atoms with van der Waals surface area (Å²) in [6.07, 6.45) is 0.810. The Bertz CT molecular complexity index is 817. The summed E-state index contributed by atoms with van der Waals surface area (Å²) < 4.78 is 17.0. The summed E-state index contributed by atoms with van der Waals surface area (Å²) in [7, 11) is 0. The van der Waals surface area contributed by atoms with E-state index in [-0.39, 0.29) is 12.7 Å². The second kappa shape index (κ2) is 6.67. The number of benzene rings is 2. The molecule has 2 aliphatic heterocycles. The Morgan fingerprint density at radius 3 is 2.72 bits per heavy atom. The number of hydrogen-bond donors (Lipinski definition) is 1. The average molecular weight is 338 g/mol. The third-order valence-electron chi connectivity index (χ3n) is 4.53. The molecule has 2 aliphatic rings. The van der Waals surface area contributed by atoms with Gasteiger partial charge in [-0.3, -0.25) is 0 Å². The van der Waals surface area contributed by atoms with Gasteiger partial charge in [0.05, 0.1) is 12.3 Å². The first-order chi connectivity index (χ1) is 12.3. The molecule has 25 heavy (non-hydrogen) atoms. The van der Waals surface area contributed by atoms with Gasteiger partial charge in [-0.05, 0) is 31.5 Å². The van der Waals surface area contributed by atoms with Crippen LogP contribution in [0.4, 0.5) is 5.69 Å². The molecule has 5 nitrogen and oxygen atoms in total. The van der Waals surface area contributed by atoms with Crippen molar-refractivity contribution in [3.05, 3.63) is 47.5 Å².